The van der Waals surface area contributed by atoms with Crippen LogP contribution in [-0.2, 0) is 6.54 Å². The Morgan fingerprint density at radius 2 is 2.17 bits per heavy atom. The standard InChI is InChI=1S/C16H18N2/c1-11-8-12-5-7-18-10-15-13(4-3-6-17(15)2)14(9-11)16(12)18/h4-5,7-9,15H,3,6,10H2,1-2H3. The molecule has 3 heterocycles. The lowest BCUT2D eigenvalue weighted by molar-refractivity contribution is 0.260. The maximum atomic E-state index is 2.49. The van der Waals surface area contributed by atoms with Gasteiger partial charge in [-0.3, -0.25) is 4.90 Å². The summed E-state index contributed by atoms with van der Waals surface area (Å²) in [5.74, 6) is 0. The summed E-state index contributed by atoms with van der Waals surface area (Å²) < 4.78 is 2.42. The summed E-state index contributed by atoms with van der Waals surface area (Å²) in [6, 6.07) is 7.46. The van der Waals surface area contributed by atoms with Crippen LogP contribution >= 0.6 is 0 Å². The number of fused-ring (bicyclic) bond motifs is 2. The topological polar surface area (TPSA) is 8.17 Å². The number of hydrogen-bond acceptors (Lipinski definition) is 1. The first-order chi connectivity index (χ1) is 8.74. The maximum Gasteiger partial charge on any atom is 0.0558 e. The zero-order valence-electron chi connectivity index (χ0n) is 11.0. The zero-order valence-corrected chi connectivity index (χ0v) is 11.0. The molecule has 0 fully saturated rings. The smallest absolute Gasteiger partial charge is 0.0558 e. The predicted octanol–water partition coefficient (Wildman–Crippen LogP) is 3.05. The van der Waals surface area contributed by atoms with Crippen molar-refractivity contribution in [3.05, 3.63) is 41.6 Å². The summed E-state index contributed by atoms with van der Waals surface area (Å²) >= 11 is 0. The lowest BCUT2D eigenvalue weighted by Gasteiger charge is -2.37. The van der Waals surface area contributed by atoms with Gasteiger partial charge in [0, 0.05) is 30.2 Å². The molecule has 0 saturated heterocycles. The number of likely N-dealkylation sites (N-methyl/N-ethyl adjacent to an activating group) is 1. The number of nitrogens with zero attached hydrogens (tertiary/aromatic N) is 2. The third-order valence-corrected chi connectivity index (χ3v) is 4.42. The third-order valence-electron chi connectivity index (χ3n) is 4.42. The average Bonchev–Trinajstić information content (AvgIpc) is 2.75. The molecule has 18 heavy (non-hydrogen) atoms. The third kappa shape index (κ3) is 1.27. The van der Waals surface area contributed by atoms with Gasteiger partial charge in [0.2, 0.25) is 0 Å². The molecule has 2 aliphatic heterocycles. The van der Waals surface area contributed by atoms with E-state index in [2.05, 4.69) is 53.9 Å². The summed E-state index contributed by atoms with van der Waals surface area (Å²) in [6.45, 7) is 4.48. The lowest BCUT2D eigenvalue weighted by atomic mass is 9.88. The number of aryl methyl sites for hydroxylation is 1. The molecule has 0 aliphatic carbocycles. The molecule has 92 valence electrons. The molecule has 0 saturated carbocycles. The number of aromatic nitrogens is 1. The highest BCUT2D eigenvalue weighted by atomic mass is 15.2. The van der Waals surface area contributed by atoms with E-state index in [1.807, 2.05) is 0 Å². The highest BCUT2D eigenvalue weighted by Crippen LogP contribution is 2.37. The van der Waals surface area contributed by atoms with Crippen molar-refractivity contribution in [2.75, 3.05) is 13.6 Å². The van der Waals surface area contributed by atoms with Crippen LogP contribution in [0.3, 0.4) is 0 Å². The molecule has 0 spiro atoms. The fraction of sp³-hybridized carbons (Fsp3) is 0.375. The van der Waals surface area contributed by atoms with E-state index >= 15 is 0 Å². The van der Waals surface area contributed by atoms with Gasteiger partial charge in [-0.15, -0.1) is 0 Å². The quantitative estimate of drug-likeness (QED) is 0.685. The second-order valence-electron chi connectivity index (χ2n) is 5.66. The molecular weight excluding hydrogens is 220 g/mol. The van der Waals surface area contributed by atoms with Crippen LogP contribution in [0.1, 0.15) is 17.5 Å². The summed E-state index contributed by atoms with van der Waals surface area (Å²) in [5.41, 5.74) is 5.80. The van der Waals surface area contributed by atoms with Gasteiger partial charge in [0.15, 0.2) is 0 Å². The van der Waals surface area contributed by atoms with E-state index in [1.165, 1.54) is 35.0 Å². The first-order valence-electron chi connectivity index (χ1n) is 6.74. The maximum absolute atomic E-state index is 2.49. The van der Waals surface area contributed by atoms with Gasteiger partial charge in [-0.1, -0.05) is 6.08 Å². The van der Waals surface area contributed by atoms with Gasteiger partial charge in [-0.25, -0.2) is 0 Å². The summed E-state index contributed by atoms with van der Waals surface area (Å²) in [5, 5.41) is 1.39. The van der Waals surface area contributed by atoms with Gasteiger partial charge >= 0.3 is 0 Å². The fourth-order valence-electron chi connectivity index (χ4n) is 3.54. The Hall–Kier alpha value is -1.54. The van der Waals surface area contributed by atoms with E-state index in [-0.39, 0.29) is 0 Å². The molecule has 0 N–H and O–H groups in total. The molecule has 2 aliphatic rings. The van der Waals surface area contributed by atoms with Crippen LogP contribution in [0.2, 0.25) is 0 Å². The molecular formula is C16H18N2. The van der Waals surface area contributed by atoms with E-state index in [0.29, 0.717) is 6.04 Å². The van der Waals surface area contributed by atoms with Crippen LogP contribution in [0.15, 0.2) is 30.5 Å². The van der Waals surface area contributed by atoms with Crippen molar-refractivity contribution in [2.45, 2.75) is 25.9 Å². The van der Waals surface area contributed by atoms with Crippen molar-refractivity contribution in [2.24, 2.45) is 0 Å². The molecule has 2 nitrogen and oxygen atoms in total. The summed E-state index contributed by atoms with van der Waals surface area (Å²) in [7, 11) is 2.25. The van der Waals surface area contributed by atoms with E-state index in [0.717, 1.165) is 6.54 Å². The van der Waals surface area contributed by atoms with Crippen molar-refractivity contribution >= 4 is 16.5 Å². The molecule has 1 atom stereocenters. The number of benzene rings is 1. The molecule has 2 heteroatoms. The minimum Gasteiger partial charge on any atom is -0.345 e. The summed E-state index contributed by atoms with van der Waals surface area (Å²) in [6.07, 6.45) is 5.88. The average molecular weight is 238 g/mol. The van der Waals surface area contributed by atoms with E-state index in [4.69, 9.17) is 0 Å². The Labute approximate surface area is 108 Å². The van der Waals surface area contributed by atoms with Crippen molar-refractivity contribution < 1.29 is 0 Å². The largest absolute Gasteiger partial charge is 0.345 e. The van der Waals surface area contributed by atoms with Gasteiger partial charge in [0.1, 0.15) is 0 Å². The van der Waals surface area contributed by atoms with Crippen molar-refractivity contribution in [3.8, 4) is 0 Å². The van der Waals surface area contributed by atoms with Crippen LogP contribution in [0.25, 0.3) is 16.5 Å². The van der Waals surface area contributed by atoms with Gasteiger partial charge in [-0.05, 0) is 49.7 Å². The van der Waals surface area contributed by atoms with Crippen molar-refractivity contribution in [1.29, 1.82) is 0 Å². The molecule has 1 unspecified atom stereocenters. The minimum absolute atomic E-state index is 0.559. The zero-order chi connectivity index (χ0) is 12.3. The van der Waals surface area contributed by atoms with E-state index < -0.39 is 0 Å². The SMILES string of the molecule is Cc1cc2c3c(ccn3CC3C2=CCCN3C)c1. The molecule has 1 aromatic heterocycles. The monoisotopic (exact) mass is 238 g/mol. The lowest BCUT2D eigenvalue weighted by Crippen LogP contribution is -2.41. The normalized spacial score (nSPS) is 23.0. The van der Waals surface area contributed by atoms with Gasteiger partial charge in [0.25, 0.3) is 0 Å². The van der Waals surface area contributed by atoms with Gasteiger partial charge in [-0.2, -0.15) is 0 Å². The van der Waals surface area contributed by atoms with E-state index in [1.54, 1.807) is 5.57 Å². The Bertz CT molecular complexity index is 663. The molecule has 4 rings (SSSR count). The fourth-order valence-corrected chi connectivity index (χ4v) is 3.54. The summed E-state index contributed by atoms with van der Waals surface area (Å²) in [4.78, 5) is 2.49. The van der Waals surface area contributed by atoms with Crippen LogP contribution in [0, 0.1) is 6.92 Å². The predicted molar refractivity (Wildman–Crippen MR) is 75.7 cm³/mol. The van der Waals surface area contributed by atoms with Gasteiger partial charge < -0.3 is 4.57 Å². The number of rotatable bonds is 0. The van der Waals surface area contributed by atoms with Crippen LogP contribution in [0.4, 0.5) is 0 Å². The molecule has 0 radical (unpaired) electrons. The van der Waals surface area contributed by atoms with E-state index in [9.17, 15) is 0 Å². The highest BCUT2D eigenvalue weighted by molar-refractivity contribution is 5.95. The molecule has 1 aromatic carbocycles. The first-order valence-corrected chi connectivity index (χ1v) is 6.74. The second-order valence-corrected chi connectivity index (χ2v) is 5.66. The van der Waals surface area contributed by atoms with Crippen LogP contribution < -0.4 is 0 Å². The Balaban J connectivity index is 2.05. The Morgan fingerprint density at radius 3 is 3.06 bits per heavy atom. The Kier molecular flexibility index (Phi) is 2.01. The highest BCUT2D eigenvalue weighted by Gasteiger charge is 2.30. The Morgan fingerprint density at radius 1 is 1.28 bits per heavy atom. The number of hydrogen-bond donors (Lipinski definition) is 0. The second kappa shape index (κ2) is 3.48. The van der Waals surface area contributed by atoms with Crippen LogP contribution in [-0.4, -0.2) is 29.1 Å². The van der Waals surface area contributed by atoms with Gasteiger partial charge in [0.05, 0.1) is 11.6 Å². The minimum atomic E-state index is 0.559. The molecule has 0 amide bonds. The van der Waals surface area contributed by atoms with Crippen LogP contribution in [0.5, 0.6) is 0 Å². The molecule has 0 bridgehead atoms. The molecule has 2 aromatic rings. The first kappa shape index (κ1) is 10.4. The van der Waals surface area contributed by atoms with Crippen molar-refractivity contribution in [3.63, 3.8) is 0 Å². The van der Waals surface area contributed by atoms with Crippen molar-refractivity contribution in [1.82, 2.24) is 9.47 Å².